The van der Waals surface area contributed by atoms with Crippen LogP contribution in [0.2, 0.25) is 0 Å². The molecule has 1 aliphatic rings. The fourth-order valence-corrected chi connectivity index (χ4v) is 2.13. The van der Waals surface area contributed by atoms with E-state index >= 15 is 0 Å². The Labute approximate surface area is 116 Å². The van der Waals surface area contributed by atoms with Crippen molar-refractivity contribution in [2.45, 2.75) is 31.0 Å². The van der Waals surface area contributed by atoms with E-state index in [1.807, 2.05) is 0 Å². The number of nitrogens with zero attached hydrogens (tertiary/aromatic N) is 1. The third kappa shape index (κ3) is 2.37. The van der Waals surface area contributed by atoms with Gasteiger partial charge in [-0.05, 0) is 6.92 Å². The minimum absolute atomic E-state index is 0.444. The van der Waals surface area contributed by atoms with E-state index in [0.717, 1.165) is 0 Å². The Kier molecular flexibility index (Phi) is 3.95. The second-order valence-corrected chi connectivity index (χ2v) is 4.44. The van der Waals surface area contributed by atoms with Crippen molar-refractivity contribution in [3.8, 4) is 11.8 Å². The molecule has 2 rings (SSSR count). The molecule has 0 spiro atoms. The molecule has 0 saturated carbocycles. The highest BCUT2D eigenvalue weighted by molar-refractivity contribution is 5.22. The number of alkyl halides is 1. The van der Waals surface area contributed by atoms with Crippen molar-refractivity contribution in [2.24, 2.45) is 0 Å². The highest BCUT2D eigenvalue weighted by Gasteiger charge is 2.57. The third-order valence-corrected chi connectivity index (χ3v) is 3.12. The molecule has 0 aliphatic carbocycles. The van der Waals surface area contributed by atoms with E-state index < -0.39 is 47.8 Å². The lowest BCUT2D eigenvalue weighted by atomic mass is 9.96. The first-order valence-electron chi connectivity index (χ1n) is 5.93. The molecule has 21 heavy (non-hydrogen) atoms. The van der Waals surface area contributed by atoms with Gasteiger partial charge in [-0.3, -0.25) is 14.3 Å². The van der Waals surface area contributed by atoms with Gasteiger partial charge >= 0.3 is 5.69 Å². The first-order valence-corrected chi connectivity index (χ1v) is 5.93. The summed E-state index contributed by atoms with van der Waals surface area (Å²) in [6, 6.07) is 0. The lowest BCUT2D eigenvalue weighted by Crippen LogP contribution is -2.45. The highest BCUT2D eigenvalue weighted by Crippen LogP contribution is 2.40. The molecule has 0 amide bonds. The number of hydrogen-bond donors (Lipinski definition) is 3. The standard InChI is InChI=1S/C12H12F2N2O5/c1-2-3-12(14)8(18)7(5-17)21-10(12)16-4-6(13)9(19)15-11(16)20/h4,7-8,10,17-18H,5H2,1H3,(H,15,19,20)/t7-,8+,10-,12?/m1/s1. The third-order valence-electron chi connectivity index (χ3n) is 3.12. The number of rotatable bonds is 2. The summed E-state index contributed by atoms with van der Waals surface area (Å²) in [5.74, 6) is 2.98. The van der Waals surface area contributed by atoms with Gasteiger partial charge in [-0.1, -0.05) is 5.92 Å². The maximum Gasteiger partial charge on any atom is 0.330 e. The molecule has 3 N–H and O–H groups in total. The Morgan fingerprint density at radius 3 is 2.81 bits per heavy atom. The van der Waals surface area contributed by atoms with Gasteiger partial charge in [0.05, 0.1) is 12.8 Å². The summed E-state index contributed by atoms with van der Waals surface area (Å²) in [6.07, 6.45) is -4.54. The summed E-state index contributed by atoms with van der Waals surface area (Å²) in [5, 5.41) is 18.9. The van der Waals surface area contributed by atoms with E-state index in [0.29, 0.717) is 10.8 Å². The molecule has 1 saturated heterocycles. The van der Waals surface area contributed by atoms with Crippen LogP contribution in [-0.2, 0) is 4.74 Å². The van der Waals surface area contributed by atoms with Crippen LogP contribution in [0, 0.1) is 17.7 Å². The Morgan fingerprint density at radius 2 is 2.24 bits per heavy atom. The molecule has 9 heteroatoms. The normalized spacial score (nSPS) is 31.8. The van der Waals surface area contributed by atoms with Gasteiger partial charge < -0.3 is 14.9 Å². The van der Waals surface area contributed by atoms with Crippen LogP contribution in [-0.4, -0.2) is 44.2 Å². The second-order valence-electron chi connectivity index (χ2n) is 4.44. The topological polar surface area (TPSA) is 105 Å². The molecular weight excluding hydrogens is 290 g/mol. The van der Waals surface area contributed by atoms with Crippen molar-refractivity contribution >= 4 is 0 Å². The zero-order valence-electron chi connectivity index (χ0n) is 10.8. The molecular formula is C12H12F2N2O5. The Hall–Kier alpha value is -2.02. The summed E-state index contributed by atoms with van der Waals surface area (Å²) in [4.78, 5) is 24.3. The summed E-state index contributed by atoms with van der Waals surface area (Å²) in [6.45, 7) is 0.572. The van der Waals surface area contributed by atoms with Crippen molar-refractivity contribution in [1.82, 2.24) is 9.55 Å². The predicted octanol–water partition coefficient (Wildman–Crippen LogP) is -1.34. The molecule has 0 radical (unpaired) electrons. The zero-order chi connectivity index (χ0) is 15.8. The van der Waals surface area contributed by atoms with Gasteiger partial charge in [0, 0.05) is 0 Å². The summed E-state index contributed by atoms with van der Waals surface area (Å²) in [5.41, 5.74) is -5.13. The van der Waals surface area contributed by atoms with Gasteiger partial charge in [0.2, 0.25) is 11.5 Å². The molecule has 4 atom stereocenters. The Bertz CT molecular complexity index is 719. The fourth-order valence-electron chi connectivity index (χ4n) is 2.13. The molecule has 1 aromatic heterocycles. The number of hydrogen-bond acceptors (Lipinski definition) is 5. The summed E-state index contributed by atoms with van der Waals surface area (Å²) < 4.78 is 33.7. The molecule has 2 heterocycles. The van der Waals surface area contributed by atoms with Crippen LogP contribution in [0.4, 0.5) is 8.78 Å². The van der Waals surface area contributed by atoms with E-state index in [2.05, 4.69) is 11.8 Å². The maximum absolute atomic E-state index is 14.9. The number of ether oxygens (including phenoxy) is 1. The monoisotopic (exact) mass is 302 g/mol. The molecule has 1 aromatic rings. The average Bonchev–Trinajstić information content (AvgIpc) is 2.67. The smallest absolute Gasteiger partial charge is 0.330 e. The first kappa shape index (κ1) is 15.4. The lowest BCUT2D eigenvalue weighted by Gasteiger charge is -2.23. The predicted molar refractivity (Wildman–Crippen MR) is 65.6 cm³/mol. The van der Waals surface area contributed by atoms with Crippen molar-refractivity contribution < 1.29 is 23.7 Å². The van der Waals surface area contributed by atoms with Gasteiger partial charge in [0.15, 0.2) is 6.23 Å². The van der Waals surface area contributed by atoms with Crippen molar-refractivity contribution in [1.29, 1.82) is 0 Å². The van der Waals surface area contributed by atoms with Gasteiger partial charge in [-0.2, -0.15) is 4.39 Å². The molecule has 0 aromatic carbocycles. The average molecular weight is 302 g/mol. The molecule has 0 bridgehead atoms. The lowest BCUT2D eigenvalue weighted by molar-refractivity contribution is -0.0547. The molecule has 1 aliphatic heterocycles. The number of aliphatic hydroxyl groups is 2. The Balaban J connectivity index is 2.60. The minimum Gasteiger partial charge on any atom is -0.394 e. The molecule has 114 valence electrons. The van der Waals surface area contributed by atoms with Crippen molar-refractivity contribution in [2.75, 3.05) is 6.61 Å². The molecule has 1 fully saturated rings. The van der Waals surface area contributed by atoms with E-state index in [9.17, 15) is 23.5 Å². The van der Waals surface area contributed by atoms with Gasteiger partial charge in [0.25, 0.3) is 5.56 Å². The largest absolute Gasteiger partial charge is 0.394 e. The number of aromatic nitrogens is 2. The zero-order valence-corrected chi connectivity index (χ0v) is 10.8. The van der Waals surface area contributed by atoms with Gasteiger partial charge in [-0.15, -0.1) is 5.92 Å². The number of nitrogens with one attached hydrogen (secondary N) is 1. The maximum atomic E-state index is 14.9. The van der Waals surface area contributed by atoms with Crippen LogP contribution in [0.25, 0.3) is 0 Å². The fraction of sp³-hybridized carbons (Fsp3) is 0.500. The van der Waals surface area contributed by atoms with E-state index in [1.54, 1.807) is 4.98 Å². The molecule has 1 unspecified atom stereocenters. The quantitative estimate of drug-likeness (QED) is 0.586. The van der Waals surface area contributed by atoms with Crippen LogP contribution in [0.15, 0.2) is 15.8 Å². The van der Waals surface area contributed by atoms with Gasteiger partial charge in [-0.25, -0.2) is 9.18 Å². The van der Waals surface area contributed by atoms with E-state index in [-0.39, 0.29) is 0 Å². The number of H-pyrrole nitrogens is 1. The van der Waals surface area contributed by atoms with Crippen LogP contribution < -0.4 is 11.2 Å². The number of aromatic amines is 1. The SMILES string of the molecule is CC#CC1(F)[C@@H](O)[C@@H](CO)O[C@H]1n1cc(F)c(=O)[nH]c1=O. The number of aliphatic hydroxyl groups excluding tert-OH is 2. The first-order chi connectivity index (χ1) is 9.85. The second kappa shape index (κ2) is 5.40. The summed E-state index contributed by atoms with van der Waals surface area (Å²) in [7, 11) is 0. The number of halogens is 2. The van der Waals surface area contributed by atoms with Crippen molar-refractivity contribution in [3.63, 3.8) is 0 Å². The Morgan fingerprint density at radius 1 is 1.57 bits per heavy atom. The van der Waals surface area contributed by atoms with Crippen LogP contribution in [0.5, 0.6) is 0 Å². The van der Waals surface area contributed by atoms with E-state index in [4.69, 9.17) is 9.84 Å². The van der Waals surface area contributed by atoms with Crippen LogP contribution in [0.1, 0.15) is 13.2 Å². The van der Waals surface area contributed by atoms with Gasteiger partial charge in [0.1, 0.15) is 12.2 Å². The highest BCUT2D eigenvalue weighted by atomic mass is 19.1. The van der Waals surface area contributed by atoms with Crippen molar-refractivity contribution in [3.05, 3.63) is 32.9 Å². The molecule has 7 nitrogen and oxygen atoms in total. The minimum atomic E-state index is -2.74. The van der Waals surface area contributed by atoms with E-state index in [1.165, 1.54) is 6.92 Å². The summed E-state index contributed by atoms with van der Waals surface area (Å²) >= 11 is 0. The van der Waals surface area contributed by atoms with Crippen LogP contribution >= 0.6 is 0 Å². The van der Waals surface area contributed by atoms with Crippen LogP contribution in [0.3, 0.4) is 0 Å².